The first-order chi connectivity index (χ1) is 9.85. The van der Waals surface area contributed by atoms with E-state index >= 15 is 0 Å². The minimum absolute atomic E-state index is 0.567. The number of hydrogen-bond acceptors (Lipinski definition) is 5. The van der Waals surface area contributed by atoms with E-state index in [4.69, 9.17) is 0 Å². The molecule has 0 saturated carbocycles. The first kappa shape index (κ1) is 12.9. The molecule has 100 valence electrons. The van der Waals surface area contributed by atoms with Crippen molar-refractivity contribution in [3.63, 3.8) is 0 Å². The molecule has 0 spiro atoms. The number of aromatic nitrogens is 3. The summed E-state index contributed by atoms with van der Waals surface area (Å²) in [6, 6.07) is 13.8. The van der Waals surface area contributed by atoms with Crippen LogP contribution in [0.1, 0.15) is 5.69 Å². The van der Waals surface area contributed by atoms with E-state index in [9.17, 15) is 0 Å². The van der Waals surface area contributed by atoms with Crippen molar-refractivity contribution in [1.82, 2.24) is 15.0 Å². The van der Waals surface area contributed by atoms with E-state index in [0.29, 0.717) is 5.95 Å². The van der Waals surface area contributed by atoms with Crippen molar-refractivity contribution in [2.45, 2.75) is 5.75 Å². The molecule has 20 heavy (non-hydrogen) atoms. The van der Waals surface area contributed by atoms with Crippen molar-refractivity contribution in [2.75, 3.05) is 11.6 Å². The standard InChI is InChI=1S/C15H14N4S/c1-20-10-12-6-4-8-14(17-12)19-15-16-9-11-5-2-3-7-13(11)18-15/h2-9H,10H2,1H3,(H,16,17,18,19). The van der Waals surface area contributed by atoms with Crippen LogP contribution in [0.3, 0.4) is 0 Å². The molecule has 0 atom stereocenters. The lowest BCUT2D eigenvalue weighted by Crippen LogP contribution is -2.00. The van der Waals surface area contributed by atoms with Crippen molar-refractivity contribution in [2.24, 2.45) is 0 Å². The Kier molecular flexibility index (Phi) is 3.78. The van der Waals surface area contributed by atoms with Crippen LogP contribution in [-0.2, 0) is 5.75 Å². The second-order valence-electron chi connectivity index (χ2n) is 4.32. The van der Waals surface area contributed by atoms with Gasteiger partial charge in [0, 0.05) is 17.3 Å². The highest BCUT2D eigenvalue weighted by Crippen LogP contribution is 2.16. The fraction of sp³-hybridized carbons (Fsp3) is 0.133. The third-order valence-corrected chi connectivity index (χ3v) is 3.41. The van der Waals surface area contributed by atoms with E-state index in [1.165, 1.54) is 0 Å². The number of benzene rings is 1. The lowest BCUT2D eigenvalue weighted by molar-refractivity contribution is 1.14. The zero-order valence-electron chi connectivity index (χ0n) is 11.1. The minimum atomic E-state index is 0.567. The molecular weight excluding hydrogens is 268 g/mol. The molecule has 0 amide bonds. The summed E-state index contributed by atoms with van der Waals surface area (Å²) in [7, 11) is 0. The molecule has 0 aliphatic carbocycles. The summed E-state index contributed by atoms with van der Waals surface area (Å²) in [4.78, 5) is 13.3. The molecule has 0 radical (unpaired) electrons. The molecule has 3 aromatic rings. The molecule has 0 bridgehead atoms. The van der Waals surface area contributed by atoms with Crippen LogP contribution in [0, 0.1) is 0 Å². The van der Waals surface area contributed by atoms with Gasteiger partial charge in [-0.05, 0) is 24.5 Å². The zero-order chi connectivity index (χ0) is 13.8. The van der Waals surface area contributed by atoms with E-state index in [1.54, 1.807) is 11.8 Å². The van der Waals surface area contributed by atoms with Gasteiger partial charge in [0.2, 0.25) is 5.95 Å². The van der Waals surface area contributed by atoms with Gasteiger partial charge in [-0.15, -0.1) is 0 Å². The number of anilines is 2. The maximum Gasteiger partial charge on any atom is 0.228 e. The fourth-order valence-corrected chi connectivity index (χ4v) is 2.38. The molecule has 2 aromatic heterocycles. The number of pyridine rings is 1. The molecule has 0 unspecified atom stereocenters. The third-order valence-electron chi connectivity index (χ3n) is 2.83. The van der Waals surface area contributed by atoms with Gasteiger partial charge in [-0.3, -0.25) is 0 Å². The van der Waals surface area contributed by atoms with E-state index in [-0.39, 0.29) is 0 Å². The summed E-state index contributed by atoms with van der Waals surface area (Å²) in [5, 5.41) is 4.18. The van der Waals surface area contributed by atoms with Gasteiger partial charge in [-0.25, -0.2) is 15.0 Å². The molecule has 3 rings (SSSR count). The number of nitrogens with one attached hydrogen (secondary N) is 1. The third kappa shape index (κ3) is 2.88. The van der Waals surface area contributed by atoms with Gasteiger partial charge in [0.15, 0.2) is 0 Å². The number of rotatable bonds is 4. The number of nitrogens with zero attached hydrogens (tertiary/aromatic N) is 3. The van der Waals surface area contributed by atoms with Gasteiger partial charge in [-0.1, -0.05) is 24.3 Å². The summed E-state index contributed by atoms with van der Waals surface area (Å²) in [6.07, 6.45) is 3.88. The van der Waals surface area contributed by atoms with Crippen LogP contribution in [0.5, 0.6) is 0 Å². The molecule has 0 fully saturated rings. The highest BCUT2D eigenvalue weighted by molar-refractivity contribution is 7.97. The molecule has 4 nitrogen and oxygen atoms in total. The van der Waals surface area contributed by atoms with Crippen LogP contribution in [0.15, 0.2) is 48.7 Å². The van der Waals surface area contributed by atoms with E-state index in [0.717, 1.165) is 28.2 Å². The predicted octanol–water partition coefficient (Wildman–Crippen LogP) is 3.63. The molecule has 1 N–H and O–H groups in total. The van der Waals surface area contributed by atoms with E-state index in [1.807, 2.05) is 48.7 Å². The Labute approximate surface area is 121 Å². The van der Waals surface area contributed by atoms with Crippen LogP contribution in [0.25, 0.3) is 10.9 Å². The van der Waals surface area contributed by atoms with Crippen LogP contribution >= 0.6 is 11.8 Å². The van der Waals surface area contributed by atoms with Gasteiger partial charge in [0.25, 0.3) is 0 Å². The molecule has 0 saturated heterocycles. The Morgan fingerprint density at radius 1 is 1.05 bits per heavy atom. The van der Waals surface area contributed by atoms with Crippen LogP contribution < -0.4 is 5.32 Å². The monoisotopic (exact) mass is 282 g/mol. The molecule has 0 aliphatic rings. The second kappa shape index (κ2) is 5.88. The Hall–Kier alpha value is -2.14. The number of hydrogen-bond donors (Lipinski definition) is 1. The van der Waals surface area contributed by atoms with Gasteiger partial charge in [-0.2, -0.15) is 11.8 Å². The summed E-state index contributed by atoms with van der Waals surface area (Å²) in [5.74, 6) is 2.23. The van der Waals surface area contributed by atoms with Gasteiger partial charge in [0.1, 0.15) is 5.82 Å². The number of thioether (sulfide) groups is 1. The van der Waals surface area contributed by atoms with Gasteiger partial charge in [0.05, 0.1) is 11.2 Å². The minimum Gasteiger partial charge on any atom is -0.309 e. The maximum atomic E-state index is 4.53. The second-order valence-corrected chi connectivity index (χ2v) is 5.19. The SMILES string of the molecule is CSCc1cccc(Nc2ncc3ccccc3n2)n1. The molecule has 1 aromatic carbocycles. The Morgan fingerprint density at radius 3 is 2.85 bits per heavy atom. The first-order valence-corrected chi connectivity index (χ1v) is 7.68. The Bertz CT molecular complexity index is 730. The topological polar surface area (TPSA) is 50.7 Å². The summed E-state index contributed by atoms with van der Waals surface area (Å²) in [5.41, 5.74) is 1.97. The molecule has 2 heterocycles. The Balaban J connectivity index is 1.87. The van der Waals surface area contributed by atoms with Crippen LogP contribution in [0.2, 0.25) is 0 Å². The van der Waals surface area contributed by atoms with Crippen molar-refractivity contribution < 1.29 is 0 Å². The van der Waals surface area contributed by atoms with Crippen molar-refractivity contribution >= 4 is 34.4 Å². The fourth-order valence-electron chi connectivity index (χ4n) is 1.92. The predicted molar refractivity (Wildman–Crippen MR) is 84.3 cm³/mol. The molecule has 5 heteroatoms. The normalized spacial score (nSPS) is 10.7. The molecular formula is C15H14N4S. The lowest BCUT2D eigenvalue weighted by Gasteiger charge is -2.06. The van der Waals surface area contributed by atoms with Crippen LogP contribution in [-0.4, -0.2) is 21.2 Å². The summed E-state index contributed by atoms with van der Waals surface area (Å²) >= 11 is 1.75. The highest BCUT2D eigenvalue weighted by atomic mass is 32.2. The average molecular weight is 282 g/mol. The average Bonchev–Trinajstić information content (AvgIpc) is 2.48. The van der Waals surface area contributed by atoms with Crippen molar-refractivity contribution in [3.8, 4) is 0 Å². The van der Waals surface area contributed by atoms with Crippen molar-refractivity contribution in [1.29, 1.82) is 0 Å². The van der Waals surface area contributed by atoms with Crippen LogP contribution in [0.4, 0.5) is 11.8 Å². The maximum absolute atomic E-state index is 4.53. The highest BCUT2D eigenvalue weighted by Gasteiger charge is 2.02. The first-order valence-electron chi connectivity index (χ1n) is 6.29. The smallest absolute Gasteiger partial charge is 0.228 e. The molecule has 0 aliphatic heterocycles. The largest absolute Gasteiger partial charge is 0.309 e. The quantitative estimate of drug-likeness (QED) is 0.792. The van der Waals surface area contributed by atoms with Crippen molar-refractivity contribution in [3.05, 3.63) is 54.4 Å². The lowest BCUT2D eigenvalue weighted by atomic mass is 10.2. The number of fused-ring (bicyclic) bond motifs is 1. The van der Waals surface area contributed by atoms with E-state index < -0.39 is 0 Å². The summed E-state index contributed by atoms with van der Waals surface area (Å²) < 4.78 is 0. The van der Waals surface area contributed by atoms with Gasteiger partial charge >= 0.3 is 0 Å². The Morgan fingerprint density at radius 2 is 1.95 bits per heavy atom. The van der Waals surface area contributed by atoms with Gasteiger partial charge < -0.3 is 5.32 Å². The number of para-hydroxylation sites is 1. The zero-order valence-corrected chi connectivity index (χ0v) is 11.9. The summed E-state index contributed by atoms with van der Waals surface area (Å²) in [6.45, 7) is 0. The van der Waals surface area contributed by atoms with E-state index in [2.05, 4.69) is 26.5 Å².